The van der Waals surface area contributed by atoms with E-state index in [1.165, 1.54) is 31.6 Å². The van der Waals surface area contributed by atoms with Crippen molar-refractivity contribution in [1.82, 2.24) is 5.32 Å². The second kappa shape index (κ2) is 3.42. The SMILES string of the molecule is CCP1CCNCC1. The Balaban J connectivity index is 2.13. The lowest BCUT2D eigenvalue weighted by Gasteiger charge is -2.21. The highest BCUT2D eigenvalue weighted by Gasteiger charge is 2.07. The lowest BCUT2D eigenvalue weighted by Crippen LogP contribution is -2.27. The molecule has 0 spiro atoms. The normalized spacial score (nSPS) is 23.6. The zero-order valence-corrected chi connectivity index (χ0v) is 6.38. The Morgan fingerprint density at radius 3 is 2.38 bits per heavy atom. The molecule has 1 aliphatic heterocycles. The van der Waals surface area contributed by atoms with Gasteiger partial charge in [-0.1, -0.05) is 6.92 Å². The molecule has 0 saturated carbocycles. The molecule has 1 fully saturated rings. The number of rotatable bonds is 1. The minimum absolute atomic E-state index is 0.468. The molecule has 0 atom stereocenters. The standard InChI is InChI=1S/C6H14NP/c1-2-8-5-3-7-4-6-8/h7H,2-6H2,1H3. The molecule has 0 aliphatic carbocycles. The van der Waals surface area contributed by atoms with Gasteiger partial charge in [0.1, 0.15) is 0 Å². The van der Waals surface area contributed by atoms with E-state index in [4.69, 9.17) is 0 Å². The van der Waals surface area contributed by atoms with Gasteiger partial charge in [-0.2, -0.15) is 0 Å². The van der Waals surface area contributed by atoms with Gasteiger partial charge in [0, 0.05) is 0 Å². The van der Waals surface area contributed by atoms with Crippen LogP contribution in [0.15, 0.2) is 0 Å². The molecule has 2 heteroatoms. The summed E-state index contributed by atoms with van der Waals surface area (Å²) in [7, 11) is 0.468. The maximum absolute atomic E-state index is 3.37. The second-order valence-electron chi connectivity index (χ2n) is 2.18. The van der Waals surface area contributed by atoms with Crippen LogP contribution in [0.5, 0.6) is 0 Å². The quantitative estimate of drug-likeness (QED) is 0.525. The third-order valence-electron chi connectivity index (χ3n) is 1.66. The highest BCUT2D eigenvalue weighted by Crippen LogP contribution is 2.34. The minimum Gasteiger partial charge on any atom is -0.316 e. The van der Waals surface area contributed by atoms with Gasteiger partial charge < -0.3 is 5.32 Å². The first kappa shape index (κ1) is 6.51. The van der Waals surface area contributed by atoms with Crippen molar-refractivity contribution in [1.29, 1.82) is 0 Å². The van der Waals surface area contributed by atoms with Crippen LogP contribution in [0.25, 0.3) is 0 Å². The molecule has 1 N–H and O–H groups in total. The molecular formula is C6H14NP. The zero-order chi connectivity index (χ0) is 5.82. The minimum atomic E-state index is 0.468. The van der Waals surface area contributed by atoms with Crippen LogP contribution in [0, 0.1) is 0 Å². The van der Waals surface area contributed by atoms with Crippen molar-refractivity contribution in [3.63, 3.8) is 0 Å². The smallest absolute Gasteiger partial charge is 0.000935 e. The molecule has 0 bridgehead atoms. The highest BCUT2D eigenvalue weighted by atomic mass is 31.1. The van der Waals surface area contributed by atoms with Gasteiger partial charge in [0.15, 0.2) is 0 Å². The first-order valence-electron chi connectivity index (χ1n) is 3.36. The molecule has 8 heavy (non-hydrogen) atoms. The van der Waals surface area contributed by atoms with Crippen LogP contribution in [0.4, 0.5) is 0 Å². The summed E-state index contributed by atoms with van der Waals surface area (Å²) >= 11 is 0. The van der Waals surface area contributed by atoms with Crippen molar-refractivity contribution < 1.29 is 0 Å². The lowest BCUT2D eigenvalue weighted by atomic mass is 10.6. The molecule has 1 heterocycles. The molecule has 0 amide bonds. The third-order valence-corrected chi connectivity index (χ3v) is 4.26. The van der Waals surface area contributed by atoms with Crippen LogP contribution in [0.1, 0.15) is 6.92 Å². The summed E-state index contributed by atoms with van der Waals surface area (Å²) in [6.07, 6.45) is 4.37. The molecule has 1 nitrogen and oxygen atoms in total. The van der Waals surface area contributed by atoms with E-state index in [1.54, 1.807) is 0 Å². The molecule has 1 aliphatic rings. The first-order valence-corrected chi connectivity index (χ1v) is 5.26. The van der Waals surface area contributed by atoms with E-state index in [0.717, 1.165) is 0 Å². The maximum atomic E-state index is 3.37. The van der Waals surface area contributed by atoms with Crippen LogP contribution in [-0.4, -0.2) is 31.6 Å². The van der Waals surface area contributed by atoms with E-state index >= 15 is 0 Å². The molecule has 0 radical (unpaired) electrons. The van der Waals surface area contributed by atoms with E-state index in [-0.39, 0.29) is 0 Å². The fraction of sp³-hybridized carbons (Fsp3) is 1.00. The van der Waals surface area contributed by atoms with Crippen molar-refractivity contribution in [2.24, 2.45) is 0 Å². The molecule has 0 aromatic heterocycles. The molecule has 48 valence electrons. The summed E-state index contributed by atoms with van der Waals surface area (Å²) in [5.41, 5.74) is 0. The Morgan fingerprint density at radius 2 is 2.00 bits per heavy atom. The number of nitrogens with one attached hydrogen (secondary N) is 1. The molecule has 1 saturated heterocycles. The van der Waals surface area contributed by atoms with E-state index < -0.39 is 0 Å². The number of hydrogen-bond donors (Lipinski definition) is 1. The van der Waals surface area contributed by atoms with Gasteiger partial charge in [0.25, 0.3) is 0 Å². The largest absolute Gasteiger partial charge is 0.316 e. The van der Waals surface area contributed by atoms with Crippen LogP contribution < -0.4 is 5.32 Å². The van der Waals surface area contributed by atoms with Gasteiger partial charge >= 0.3 is 0 Å². The lowest BCUT2D eigenvalue weighted by molar-refractivity contribution is 0.745. The predicted octanol–water partition coefficient (Wildman–Crippen LogP) is 1.09. The average molecular weight is 131 g/mol. The highest BCUT2D eigenvalue weighted by molar-refractivity contribution is 7.57. The summed E-state index contributed by atoms with van der Waals surface area (Å²) in [4.78, 5) is 0. The van der Waals surface area contributed by atoms with E-state index in [1.807, 2.05) is 0 Å². The van der Waals surface area contributed by atoms with E-state index in [2.05, 4.69) is 12.2 Å². The summed E-state index contributed by atoms with van der Waals surface area (Å²) in [6, 6.07) is 0. The maximum Gasteiger partial charge on any atom is -0.000935 e. The van der Waals surface area contributed by atoms with E-state index in [9.17, 15) is 0 Å². The Bertz CT molecular complexity index is 59.5. The zero-order valence-electron chi connectivity index (χ0n) is 5.48. The fourth-order valence-electron chi connectivity index (χ4n) is 1.03. The van der Waals surface area contributed by atoms with Gasteiger partial charge in [-0.3, -0.25) is 0 Å². The molecular weight excluding hydrogens is 117 g/mol. The van der Waals surface area contributed by atoms with Crippen molar-refractivity contribution in [2.45, 2.75) is 6.92 Å². The molecule has 0 aromatic rings. The average Bonchev–Trinajstić information content (AvgIpc) is 1.90. The van der Waals surface area contributed by atoms with Gasteiger partial charge in [0.2, 0.25) is 0 Å². The van der Waals surface area contributed by atoms with Crippen molar-refractivity contribution in [3.05, 3.63) is 0 Å². The molecule has 0 unspecified atom stereocenters. The Labute approximate surface area is 52.6 Å². The summed E-state index contributed by atoms with van der Waals surface area (Å²) < 4.78 is 0. The Morgan fingerprint density at radius 1 is 1.38 bits per heavy atom. The summed E-state index contributed by atoms with van der Waals surface area (Å²) in [5.74, 6) is 0. The molecule has 1 rings (SSSR count). The van der Waals surface area contributed by atoms with Crippen LogP contribution in [-0.2, 0) is 0 Å². The van der Waals surface area contributed by atoms with Gasteiger partial charge in [-0.15, -0.1) is 7.92 Å². The van der Waals surface area contributed by atoms with Crippen molar-refractivity contribution in [3.8, 4) is 0 Å². The van der Waals surface area contributed by atoms with Crippen LogP contribution in [0.3, 0.4) is 0 Å². The number of hydrogen-bond acceptors (Lipinski definition) is 1. The summed E-state index contributed by atoms with van der Waals surface area (Å²) in [6.45, 7) is 4.87. The monoisotopic (exact) mass is 131 g/mol. The van der Waals surface area contributed by atoms with Crippen molar-refractivity contribution >= 4 is 7.92 Å². The van der Waals surface area contributed by atoms with Crippen molar-refractivity contribution in [2.75, 3.05) is 31.6 Å². The molecule has 0 aromatic carbocycles. The predicted molar refractivity (Wildman–Crippen MR) is 40.1 cm³/mol. The van der Waals surface area contributed by atoms with Gasteiger partial charge in [-0.05, 0) is 31.6 Å². The Kier molecular flexibility index (Phi) is 2.78. The topological polar surface area (TPSA) is 12.0 Å². The fourth-order valence-corrected chi connectivity index (χ4v) is 2.83. The summed E-state index contributed by atoms with van der Waals surface area (Å²) in [5, 5.41) is 3.37. The van der Waals surface area contributed by atoms with Crippen LogP contribution in [0.2, 0.25) is 0 Å². The van der Waals surface area contributed by atoms with E-state index in [0.29, 0.717) is 7.92 Å². The Hall–Kier alpha value is 0.390. The second-order valence-corrected chi connectivity index (χ2v) is 5.05. The van der Waals surface area contributed by atoms with Gasteiger partial charge in [-0.25, -0.2) is 0 Å². The third kappa shape index (κ3) is 1.72. The first-order chi connectivity index (χ1) is 3.93. The van der Waals surface area contributed by atoms with Crippen LogP contribution >= 0.6 is 7.92 Å². The van der Waals surface area contributed by atoms with Gasteiger partial charge in [0.05, 0.1) is 0 Å².